The lowest BCUT2D eigenvalue weighted by Gasteiger charge is -2.35. The van der Waals surface area contributed by atoms with Crippen LogP contribution in [0, 0.1) is 0 Å². The molecule has 29 heavy (non-hydrogen) atoms. The first-order valence-corrected chi connectivity index (χ1v) is 10.7. The third-order valence-corrected chi connectivity index (χ3v) is 6.18. The lowest BCUT2D eigenvalue weighted by atomic mass is 10.1. The standard InChI is InChI=1S/C23H25N3O2S/c1-24(16-18-8-9-19-5-2-3-6-20(19)15-18)17-22(27)25-10-12-26(13-11-25)23(28)21-7-4-14-29-21/h2-9,14-15H,10-13,16-17H2,1H3. The van der Waals surface area contributed by atoms with Gasteiger partial charge in [-0.3, -0.25) is 14.5 Å². The number of benzene rings is 2. The summed E-state index contributed by atoms with van der Waals surface area (Å²) < 4.78 is 0. The van der Waals surface area contributed by atoms with Crippen LogP contribution in [-0.2, 0) is 11.3 Å². The number of hydrogen-bond acceptors (Lipinski definition) is 4. The van der Waals surface area contributed by atoms with Gasteiger partial charge in [-0.25, -0.2) is 0 Å². The van der Waals surface area contributed by atoms with Gasteiger partial charge in [-0.2, -0.15) is 0 Å². The van der Waals surface area contributed by atoms with Crippen LogP contribution < -0.4 is 0 Å². The average Bonchev–Trinajstić information content (AvgIpc) is 3.28. The molecule has 1 aromatic heterocycles. The Morgan fingerprint density at radius 1 is 0.931 bits per heavy atom. The van der Waals surface area contributed by atoms with E-state index in [0.29, 0.717) is 32.7 Å². The Morgan fingerprint density at radius 2 is 1.66 bits per heavy atom. The molecule has 0 aliphatic carbocycles. The van der Waals surface area contributed by atoms with Gasteiger partial charge in [-0.1, -0.05) is 42.5 Å². The van der Waals surface area contributed by atoms with Gasteiger partial charge < -0.3 is 9.80 Å². The van der Waals surface area contributed by atoms with Crippen molar-refractivity contribution >= 4 is 33.9 Å². The number of fused-ring (bicyclic) bond motifs is 1. The fourth-order valence-corrected chi connectivity index (χ4v) is 4.44. The fourth-order valence-electron chi connectivity index (χ4n) is 3.75. The van der Waals surface area contributed by atoms with Crippen molar-refractivity contribution in [3.63, 3.8) is 0 Å². The molecule has 1 aliphatic rings. The Bertz CT molecular complexity index is 994. The molecule has 2 amide bonds. The monoisotopic (exact) mass is 407 g/mol. The van der Waals surface area contributed by atoms with Crippen LogP contribution in [0.25, 0.3) is 10.8 Å². The van der Waals surface area contributed by atoms with Gasteiger partial charge in [0, 0.05) is 32.7 Å². The zero-order chi connectivity index (χ0) is 20.2. The topological polar surface area (TPSA) is 43.9 Å². The molecule has 0 atom stereocenters. The molecule has 0 radical (unpaired) electrons. The van der Waals surface area contributed by atoms with Crippen LogP contribution in [0.2, 0.25) is 0 Å². The van der Waals surface area contributed by atoms with E-state index in [-0.39, 0.29) is 11.8 Å². The first-order chi connectivity index (χ1) is 14.1. The first kappa shape index (κ1) is 19.6. The van der Waals surface area contributed by atoms with Crippen LogP contribution in [-0.4, -0.2) is 66.3 Å². The molecule has 2 heterocycles. The van der Waals surface area contributed by atoms with Gasteiger partial charge in [-0.15, -0.1) is 11.3 Å². The van der Waals surface area contributed by atoms with Crippen LogP contribution in [0.4, 0.5) is 0 Å². The highest BCUT2D eigenvalue weighted by Crippen LogP contribution is 2.17. The minimum atomic E-state index is 0.0699. The average molecular weight is 408 g/mol. The van der Waals surface area contributed by atoms with Crippen LogP contribution in [0.1, 0.15) is 15.2 Å². The molecule has 0 saturated carbocycles. The van der Waals surface area contributed by atoms with Crippen molar-refractivity contribution in [1.82, 2.24) is 14.7 Å². The molecule has 0 unspecified atom stereocenters. The molecule has 5 nitrogen and oxygen atoms in total. The predicted molar refractivity (Wildman–Crippen MR) is 117 cm³/mol. The number of likely N-dealkylation sites (N-methyl/N-ethyl adjacent to an activating group) is 1. The quantitative estimate of drug-likeness (QED) is 0.652. The maximum absolute atomic E-state index is 12.7. The number of nitrogens with zero attached hydrogens (tertiary/aromatic N) is 3. The third kappa shape index (κ3) is 4.66. The van der Waals surface area contributed by atoms with Gasteiger partial charge in [0.15, 0.2) is 0 Å². The van der Waals surface area contributed by atoms with Crippen LogP contribution in [0.15, 0.2) is 60.0 Å². The first-order valence-electron chi connectivity index (χ1n) is 9.87. The zero-order valence-corrected chi connectivity index (χ0v) is 17.4. The molecule has 0 N–H and O–H groups in total. The molecule has 0 bridgehead atoms. The molecule has 1 aliphatic heterocycles. The summed E-state index contributed by atoms with van der Waals surface area (Å²) in [5, 5.41) is 4.36. The van der Waals surface area contributed by atoms with Gasteiger partial charge in [0.2, 0.25) is 5.91 Å². The molecule has 2 aromatic carbocycles. The van der Waals surface area contributed by atoms with Crippen molar-refractivity contribution in [2.75, 3.05) is 39.8 Å². The molecule has 3 aromatic rings. The van der Waals surface area contributed by atoms with Crippen molar-refractivity contribution in [3.05, 3.63) is 70.4 Å². The molecular weight excluding hydrogens is 382 g/mol. The maximum Gasteiger partial charge on any atom is 0.264 e. The Kier molecular flexibility index (Phi) is 5.92. The second-order valence-corrected chi connectivity index (χ2v) is 8.45. The highest BCUT2D eigenvalue weighted by atomic mass is 32.1. The number of rotatable bonds is 5. The fraction of sp³-hybridized carbons (Fsp3) is 0.304. The summed E-state index contributed by atoms with van der Waals surface area (Å²) >= 11 is 1.46. The molecule has 1 fully saturated rings. The summed E-state index contributed by atoms with van der Waals surface area (Å²) in [7, 11) is 1.98. The maximum atomic E-state index is 12.7. The Labute approximate surface area is 175 Å². The summed E-state index contributed by atoms with van der Waals surface area (Å²) in [6.07, 6.45) is 0. The largest absolute Gasteiger partial charge is 0.338 e. The molecular formula is C23H25N3O2S. The number of hydrogen-bond donors (Lipinski definition) is 0. The Morgan fingerprint density at radius 3 is 2.38 bits per heavy atom. The van der Waals surface area contributed by atoms with Crippen molar-refractivity contribution in [2.45, 2.75) is 6.54 Å². The molecule has 4 rings (SSSR count). The van der Waals surface area contributed by atoms with Crippen LogP contribution in [0.3, 0.4) is 0 Å². The SMILES string of the molecule is CN(CC(=O)N1CCN(C(=O)c2cccs2)CC1)Cc1ccc2ccccc2c1. The summed E-state index contributed by atoms with van der Waals surface area (Å²) in [6, 6.07) is 18.5. The smallest absolute Gasteiger partial charge is 0.264 e. The zero-order valence-electron chi connectivity index (χ0n) is 16.6. The van der Waals surface area contributed by atoms with E-state index >= 15 is 0 Å². The summed E-state index contributed by atoms with van der Waals surface area (Å²) in [5.41, 5.74) is 1.20. The Balaban J connectivity index is 1.28. The highest BCUT2D eigenvalue weighted by Gasteiger charge is 2.25. The van der Waals surface area contributed by atoms with Crippen molar-refractivity contribution in [1.29, 1.82) is 0 Å². The number of piperazine rings is 1. The van der Waals surface area contributed by atoms with E-state index in [9.17, 15) is 9.59 Å². The van der Waals surface area contributed by atoms with Gasteiger partial charge >= 0.3 is 0 Å². The Hall–Kier alpha value is -2.70. The lowest BCUT2D eigenvalue weighted by molar-refractivity contribution is -0.133. The molecule has 6 heteroatoms. The normalized spacial score (nSPS) is 14.6. The van der Waals surface area contributed by atoms with E-state index < -0.39 is 0 Å². The number of carbonyl (C=O) groups is 2. The van der Waals surface area contributed by atoms with E-state index in [4.69, 9.17) is 0 Å². The van der Waals surface area contributed by atoms with Crippen LogP contribution >= 0.6 is 11.3 Å². The predicted octanol–water partition coefficient (Wildman–Crippen LogP) is 3.32. The van der Waals surface area contributed by atoms with E-state index in [0.717, 1.165) is 11.4 Å². The highest BCUT2D eigenvalue weighted by molar-refractivity contribution is 7.12. The van der Waals surface area contributed by atoms with Gasteiger partial charge in [0.05, 0.1) is 11.4 Å². The number of amides is 2. The molecule has 0 spiro atoms. The van der Waals surface area contributed by atoms with Crippen molar-refractivity contribution in [3.8, 4) is 0 Å². The summed E-state index contributed by atoms with van der Waals surface area (Å²) in [6.45, 7) is 3.49. The van der Waals surface area contributed by atoms with Crippen molar-refractivity contribution < 1.29 is 9.59 Å². The van der Waals surface area contributed by atoms with Gasteiger partial charge in [0.1, 0.15) is 0 Å². The van der Waals surface area contributed by atoms with E-state index in [2.05, 4.69) is 35.2 Å². The minimum Gasteiger partial charge on any atom is -0.338 e. The lowest BCUT2D eigenvalue weighted by Crippen LogP contribution is -2.52. The minimum absolute atomic E-state index is 0.0699. The number of thiophene rings is 1. The van der Waals surface area contributed by atoms with Crippen LogP contribution in [0.5, 0.6) is 0 Å². The second kappa shape index (κ2) is 8.76. The van der Waals surface area contributed by atoms with E-state index in [1.807, 2.05) is 46.5 Å². The number of carbonyl (C=O) groups excluding carboxylic acids is 2. The van der Waals surface area contributed by atoms with E-state index in [1.54, 1.807) is 0 Å². The summed E-state index contributed by atoms with van der Waals surface area (Å²) in [5.74, 6) is 0.192. The van der Waals surface area contributed by atoms with Gasteiger partial charge in [-0.05, 0) is 40.9 Å². The molecule has 150 valence electrons. The van der Waals surface area contributed by atoms with Crippen molar-refractivity contribution in [2.24, 2.45) is 0 Å². The summed E-state index contributed by atoms with van der Waals surface area (Å²) in [4.78, 5) is 31.7. The van der Waals surface area contributed by atoms with Gasteiger partial charge in [0.25, 0.3) is 5.91 Å². The second-order valence-electron chi connectivity index (χ2n) is 7.50. The molecule has 1 saturated heterocycles. The van der Waals surface area contributed by atoms with E-state index in [1.165, 1.54) is 27.7 Å². The third-order valence-electron chi connectivity index (χ3n) is 5.32.